The van der Waals surface area contributed by atoms with E-state index in [-0.39, 0.29) is 0 Å². The Morgan fingerprint density at radius 3 is 2.33 bits per heavy atom. The van der Waals surface area contributed by atoms with Crippen LogP contribution in [0.15, 0.2) is 67.3 Å². The van der Waals surface area contributed by atoms with Gasteiger partial charge in [0.2, 0.25) is 0 Å². The standard InChI is InChI=1S/C17H14O/c1-2-17(18)15-11-7-6-10-14(15)16(17)12-13-8-4-3-5-9-13/h2-12,18H,1H2/b16-12+. The predicted molar refractivity (Wildman–Crippen MR) is 74.8 cm³/mol. The van der Waals surface area contributed by atoms with Gasteiger partial charge in [-0.05, 0) is 22.8 Å². The minimum Gasteiger partial charge on any atom is -0.377 e. The van der Waals surface area contributed by atoms with Crippen molar-refractivity contribution in [1.82, 2.24) is 0 Å². The highest BCUT2D eigenvalue weighted by Crippen LogP contribution is 2.50. The first-order valence-electron chi connectivity index (χ1n) is 5.99. The Bertz CT molecular complexity index is 625. The first-order chi connectivity index (χ1) is 8.75. The molecule has 0 fully saturated rings. The number of rotatable bonds is 2. The van der Waals surface area contributed by atoms with Gasteiger partial charge in [0.1, 0.15) is 5.60 Å². The highest BCUT2D eigenvalue weighted by molar-refractivity contribution is 5.96. The second-order valence-electron chi connectivity index (χ2n) is 4.48. The van der Waals surface area contributed by atoms with Crippen molar-refractivity contribution >= 4 is 11.6 Å². The van der Waals surface area contributed by atoms with E-state index in [1.165, 1.54) is 0 Å². The number of hydrogen-bond donors (Lipinski definition) is 1. The zero-order chi connectivity index (χ0) is 12.6. The van der Waals surface area contributed by atoms with Gasteiger partial charge in [0, 0.05) is 5.57 Å². The van der Waals surface area contributed by atoms with Crippen LogP contribution in [0.2, 0.25) is 0 Å². The summed E-state index contributed by atoms with van der Waals surface area (Å²) in [7, 11) is 0. The van der Waals surface area contributed by atoms with Crippen molar-refractivity contribution < 1.29 is 5.11 Å². The Hall–Kier alpha value is -2.12. The Morgan fingerprint density at radius 2 is 1.61 bits per heavy atom. The van der Waals surface area contributed by atoms with E-state index in [1.807, 2.05) is 60.7 Å². The molecule has 1 atom stereocenters. The van der Waals surface area contributed by atoms with Crippen molar-refractivity contribution in [2.24, 2.45) is 0 Å². The van der Waals surface area contributed by atoms with Crippen LogP contribution in [-0.2, 0) is 5.60 Å². The quantitative estimate of drug-likeness (QED) is 0.787. The number of aliphatic hydroxyl groups is 1. The number of fused-ring (bicyclic) bond motifs is 1. The van der Waals surface area contributed by atoms with Crippen LogP contribution in [0.1, 0.15) is 16.7 Å². The molecule has 0 bridgehead atoms. The highest BCUT2D eigenvalue weighted by Gasteiger charge is 2.43. The summed E-state index contributed by atoms with van der Waals surface area (Å²) in [5.74, 6) is 0. The van der Waals surface area contributed by atoms with E-state index in [2.05, 4.69) is 6.58 Å². The van der Waals surface area contributed by atoms with Gasteiger partial charge in [-0.3, -0.25) is 0 Å². The molecule has 1 N–H and O–H groups in total. The molecule has 1 aliphatic carbocycles. The maximum absolute atomic E-state index is 10.6. The Morgan fingerprint density at radius 1 is 0.944 bits per heavy atom. The molecule has 0 spiro atoms. The molecule has 1 nitrogen and oxygen atoms in total. The Kier molecular flexibility index (Phi) is 2.42. The molecule has 0 saturated heterocycles. The van der Waals surface area contributed by atoms with E-state index in [4.69, 9.17) is 0 Å². The molecule has 0 radical (unpaired) electrons. The van der Waals surface area contributed by atoms with Crippen molar-refractivity contribution in [3.8, 4) is 0 Å². The smallest absolute Gasteiger partial charge is 0.134 e. The average molecular weight is 234 g/mol. The van der Waals surface area contributed by atoms with Crippen LogP contribution in [0.3, 0.4) is 0 Å². The third-order valence-electron chi connectivity index (χ3n) is 3.44. The van der Waals surface area contributed by atoms with Gasteiger partial charge in [0.25, 0.3) is 0 Å². The van der Waals surface area contributed by atoms with Crippen molar-refractivity contribution in [3.63, 3.8) is 0 Å². The zero-order valence-electron chi connectivity index (χ0n) is 10.0. The molecule has 0 aliphatic heterocycles. The van der Waals surface area contributed by atoms with Gasteiger partial charge < -0.3 is 5.11 Å². The third kappa shape index (κ3) is 1.45. The molecule has 0 aromatic heterocycles. The summed E-state index contributed by atoms with van der Waals surface area (Å²) >= 11 is 0. The SMILES string of the molecule is C=CC1(O)/C(=C/c2ccccc2)c2ccccc21. The third-order valence-corrected chi connectivity index (χ3v) is 3.44. The van der Waals surface area contributed by atoms with E-state index < -0.39 is 5.60 Å². The van der Waals surface area contributed by atoms with Crippen molar-refractivity contribution in [1.29, 1.82) is 0 Å². The molecule has 2 aromatic carbocycles. The van der Waals surface area contributed by atoms with E-state index in [0.29, 0.717) is 0 Å². The van der Waals surface area contributed by atoms with E-state index in [0.717, 1.165) is 22.3 Å². The summed E-state index contributed by atoms with van der Waals surface area (Å²) in [6, 6.07) is 17.9. The van der Waals surface area contributed by atoms with E-state index in [9.17, 15) is 5.11 Å². The van der Waals surface area contributed by atoms with Gasteiger partial charge in [-0.2, -0.15) is 0 Å². The van der Waals surface area contributed by atoms with Crippen molar-refractivity contribution in [2.75, 3.05) is 0 Å². The fourth-order valence-corrected chi connectivity index (χ4v) is 2.46. The second kappa shape index (κ2) is 3.97. The van der Waals surface area contributed by atoms with Crippen LogP contribution < -0.4 is 0 Å². The summed E-state index contributed by atoms with van der Waals surface area (Å²) < 4.78 is 0. The normalized spacial score (nSPS) is 23.3. The highest BCUT2D eigenvalue weighted by atomic mass is 16.3. The largest absolute Gasteiger partial charge is 0.377 e. The lowest BCUT2D eigenvalue weighted by atomic mass is 9.68. The summed E-state index contributed by atoms with van der Waals surface area (Å²) in [6.07, 6.45) is 3.62. The van der Waals surface area contributed by atoms with Crippen LogP contribution in [-0.4, -0.2) is 5.11 Å². The molecule has 0 saturated carbocycles. The fraction of sp³-hybridized carbons (Fsp3) is 0.0588. The predicted octanol–water partition coefficient (Wildman–Crippen LogP) is 3.61. The Labute approximate surface area is 107 Å². The fourth-order valence-electron chi connectivity index (χ4n) is 2.46. The molecule has 18 heavy (non-hydrogen) atoms. The monoisotopic (exact) mass is 234 g/mol. The molecule has 88 valence electrons. The molecule has 1 unspecified atom stereocenters. The average Bonchev–Trinajstić information content (AvgIpc) is 2.45. The first kappa shape index (κ1) is 11.0. The number of hydrogen-bond acceptors (Lipinski definition) is 1. The molecule has 0 heterocycles. The summed E-state index contributed by atoms with van der Waals surface area (Å²) in [5.41, 5.74) is 3.03. The summed E-state index contributed by atoms with van der Waals surface area (Å²) in [6.45, 7) is 3.75. The van der Waals surface area contributed by atoms with Crippen LogP contribution in [0.4, 0.5) is 0 Å². The maximum Gasteiger partial charge on any atom is 0.134 e. The molecule has 1 heteroatoms. The van der Waals surface area contributed by atoms with Gasteiger partial charge in [0.15, 0.2) is 0 Å². The van der Waals surface area contributed by atoms with Crippen LogP contribution in [0.25, 0.3) is 11.6 Å². The van der Waals surface area contributed by atoms with E-state index >= 15 is 0 Å². The lowest BCUT2D eigenvalue weighted by molar-refractivity contribution is 0.141. The maximum atomic E-state index is 10.6. The van der Waals surface area contributed by atoms with Crippen LogP contribution >= 0.6 is 0 Å². The van der Waals surface area contributed by atoms with Crippen molar-refractivity contribution in [3.05, 3.63) is 83.9 Å². The van der Waals surface area contributed by atoms with E-state index in [1.54, 1.807) is 6.08 Å². The molecule has 1 aliphatic rings. The first-order valence-corrected chi connectivity index (χ1v) is 5.99. The van der Waals surface area contributed by atoms with Gasteiger partial charge >= 0.3 is 0 Å². The van der Waals surface area contributed by atoms with Gasteiger partial charge in [-0.15, -0.1) is 0 Å². The number of benzene rings is 2. The molecular weight excluding hydrogens is 220 g/mol. The Balaban J connectivity index is 2.14. The summed E-state index contributed by atoms with van der Waals surface area (Å²) in [5, 5.41) is 10.6. The molecule has 0 amide bonds. The van der Waals surface area contributed by atoms with Gasteiger partial charge in [0.05, 0.1) is 0 Å². The second-order valence-corrected chi connectivity index (χ2v) is 4.48. The van der Waals surface area contributed by atoms with Gasteiger partial charge in [-0.25, -0.2) is 0 Å². The summed E-state index contributed by atoms with van der Waals surface area (Å²) in [4.78, 5) is 0. The minimum absolute atomic E-state index is 0.916. The van der Waals surface area contributed by atoms with Gasteiger partial charge in [-0.1, -0.05) is 67.3 Å². The topological polar surface area (TPSA) is 20.2 Å². The molecule has 2 aromatic rings. The van der Waals surface area contributed by atoms with Crippen LogP contribution in [0.5, 0.6) is 0 Å². The van der Waals surface area contributed by atoms with Crippen LogP contribution in [0, 0.1) is 0 Å². The lowest BCUT2D eigenvalue weighted by Crippen LogP contribution is -2.34. The minimum atomic E-state index is -1.01. The zero-order valence-corrected chi connectivity index (χ0v) is 10.0. The van der Waals surface area contributed by atoms with Crippen molar-refractivity contribution in [2.45, 2.75) is 5.60 Å². The molecule has 3 rings (SSSR count). The lowest BCUT2D eigenvalue weighted by Gasteiger charge is -2.40. The molecular formula is C17H14O.